The molecule has 2 atom stereocenters. The standard InChI is InChI=1S/C21H22F2N2O/c1-14(9-15-5-2-3-6-16(15)13-24)25-20(21(26)7-4-8-21)17-10-18(22)12-19(23)11-17/h2-3,5-6,10-12,14,20,25-26H,4,7-9H2,1H3/t14-,20?/m0/s1. The topological polar surface area (TPSA) is 56.0 Å². The Balaban J connectivity index is 1.83. The number of hydrogen-bond acceptors (Lipinski definition) is 3. The molecule has 3 nitrogen and oxygen atoms in total. The van der Waals surface area contributed by atoms with Gasteiger partial charge in [-0.25, -0.2) is 8.78 Å². The Morgan fingerprint density at radius 3 is 2.42 bits per heavy atom. The lowest BCUT2D eigenvalue weighted by Gasteiger charge is -2.45. The quantitative estimate of drug-likeness (QED) is 0.822. The fourth-order valence-corrected chi connectivity index (χ4v) is 3.61. The molecule has 0 aromatic heterocycles. The third kappa shape index (κ3) is 3.92. The van der Waals surface area contributed by atoms with Crippen LogP contribution in [0, 0.1) is 23.0 Å². The fourth-order valence-electron chi connectivity index (χ4n) is 3.61. The van der Waals surface area contributed by atoms with Crippen LogP contribution >= 0.6 is 0 Å². The van der Waals surface area contributed by atoms with Gasteiger partial charge in [0.1, 0.15) is 11.6 Å². The Morgan fingerprint density at radius 2 is 1.85 bits per heavy atom. The lowest BCUT2D eigenvalue weighted by molar-refractivity contribution is -0.0688. The number of rotatable bonds is 6. The monoisotopic (exact) mass is 356 g/mol. The molecule has 0 aliphatic heterocycles. The average molecular weight is 356 g/mol. The first-order chi connectivity index (χ1) is 12.4. The van der Waals surface area contributed by atoms with Crippen LogP contribution in [0.3, 0.4) is 0 Å². The van der Waals surface area contributed by atoms with E-state index in [1.165, 1.54) is 12.1 Å². The van der Waals surface area contributed by atoms with Crippen LogP contribution in [0.1, 0.15) is 48.9 Å². The molecule has 2 N–H and O–H groups in total. The van der Waals surface area contributed by atoms with E-state index in [4.69, 9.17) is 0 Å². The van der Waals surface area contributed by atoms with E-state index in [0.717, 1.165) is 18.1 Å². The van der Waals surface area contributed by atoms with Gasteiger partial charge in [0.05, 0.1) is 23.3 Å². The van der Waals surface area contributed by atoms with E-state index in [0.29, 0.717) is 30.4 Å². The van der Waals surface area contributed by atoms with E-state index in [-0.39, 0.29) is 6.04 Å². The van der Waals surface area contributed by atoms with Crippen molar-refractivity contribution in [2.24, 2.45) is 0 Å². The van der Waals surface area contributed by atoms with Gasteiger partial charge < -0.3 is 10.4 Å². The molecule has 0 heterocycles. The zero-order chi connectivity index (χ0) is 18.7. The largest absolute Gasteiger partial charge is 0.388 e. The number of hydrogen-bond donors (Lipinski definition) is 2. The summed E-state index contributed by atoms with van der Waals surface area (Å²) in [4.78, 5) is 0. The van der Waals surface area contributed by atoms with Crippen LogP contribution in [-0.4, -0.2) is 16.7 Å². The van der Waals surface area contributed by atoms with Gasteiger partial charge in [0.25, 0.3) is 0 Å². The number of nitrogens with zero attached hydrogens (tertiary/aromatic N) is 1. The van der Waals surface area contributed by atoms with Gasteiger partial charge in [-0.1, -0.05) is 18.2 Å². The molecular formula is C21H22F2N2O. The highest BCUT2D eigenvalue weighted by Gasteiger charge is 2.43. The zero-order valence-electron chi connectivity index (χ0n) is 14.7. The lowest BCUT2D eigenvalue weighted by atomic mass is 9.72. The van der Waals surface area contributed by atoms with Gasteiger partial charge in [-0.3, -0.25) is 0 Å². The van der Waals surface area contributed by atoms with Gasteiger partial charge in [0, 0.05) is 12.1 Å². The molecule has 2 aromatic rings. The summed E-state index contributed by atoms with van der Waals surface area (Å²) in [6.45, 7) is 1.94. The van der Waals surface area contributed by atoms with Crippen LogP contribution in [0.2, 0.25) is 0 Å². The summed E-state index contributed by atoms with van der Waals surface area (Å²) in [5.41, 5.74) is 0.908. The summed E-state index contributed by atoms with van der Waals surface area (Å²) in [5.74, 6) is -1.31. The molecule has 3 rings (SSSR count). The van der Waals surface area contributed by atoms with Crippen LogP contribution in [0.15, 0.2) is 42.5 Å². The molecule has 5 heteroatoms. The molecular weight excluding hydrogens is 334 g/mol. The number of nitrogens with one attached hydrogen (secondary N) is 1. The van der Waals surface area contributed by atoms with E-state index >= 15 is 0 Å². The lowest BCUT2D eigenvalue weighted by Crippen LogP contribution is -2.51. The summed E-state index contributed by atoms with van der Waals surface area (Å²) in [6.07, 6.45) is 2.64. The second kappa shape index (κ2) is 7.53. The Morgan fingerprint density at radius 1 is 1.19 bits per heavy atom. The molecule has 136 valence electrons. The molecule has 0 saturated heterocycles. The van der Waals surface area contributed by atoms with Crippen LogP contribution in [0.25, 0.3) is 0 Å². The van der Waals surface area contributed by atoms with Crippen molar-refractivity contribution in [3.05, 3.63) is 70.8 Å². The minimum absolute atomic E-state index is 0.0922. The molecule has 0 radical (unpaired) electrons. The fraction of sp³-hybridized carbons (Fsp3) is 0.381. The van der Waals surface area contributed by atoms with E-state index in [1.54, 1.807) is 6.07 Å². The molecule has 1 fully saturated rings. The molecule has 1 aliphatic rings. The van der Waals surface area contributed by atoms with Crippen molar-refractivity contribution in [3.8, 4) is 6.07 Å². The molecule has 1 aliphatic carbocycles. The maximum atomic E-state index is 13.7. The molecule has 1 unspecified atom stereocenters. The van der Waals surface area contributed by atoms with Crippen molar-refractivity contribution in [1.82, 2.24) is 5.32 Å². The third-order valence-corrected chi connectivity index (χ3v) is 5.09. The number of halogens is 2. The highest BCUT2D eigenvalue weighted by atomic mass is 19.1. The number of benzene rings is 2. The second-order valence-electron chi connectivity index (χ2n) is 7.13. The first-order valence-corrected chi connectivity index (χ1v) is 8.84. The molecule has 2 aromatic carbocycles. The van der Waals surface area contributed by atoms with Crippen molar-refractivity contribution in [1.29, 1.82) is 5.26 Å². The first-order valence-electron chi connectivity index (χ1n) is 8.84. The first kappa shape index (κ1) is 18.5. The van der Waals surface area contributed by atoms with E-state index in [9.17, 15) is 19.1 Å². The molecule has 0 spiro atoms. The van der Waals surface area contributed by atoms with Gasteiger partial charge >= 0.3 is 0 Å². The van der Waals surface area contributed by atoms with E-state index in [1.807, 2.05) is 25.1 Å². The van der Waals surface area contributed by atoms with Gasteiger partial charge in [0.2, 0.25) is 0 Å². The summed E-state index contributed by atoms with van der Waals surface area (Å²) >= 11 is 0. The van der Waals surface area contributed by atoms with Crippen molar-refractivity contribution < 1.29 is 13.9 Å². The second-order valence-corrected chi connectivity index (χ2v) is 7.13. The Bertz CT molecular complexity index is 807. The SMILES string of the molecule is C[C@@H](Cc1ccccc1C#N)NC(c1cc(F)cc(F)c1)C1(O)CCC1. The summed E-state index contributed by atoms with van der Waals surface area (Å²) in [6, 6.07) is 12.2. The van der Waals surface area contributed by atoms with Gasteiger partial charge in [-0.05, 0) is 61.9 Å². The van der Waals surface area contributed by atoms with Crippen molar-refractivity contribution in [2.75, 3.05) is 0 Å². The van der Waals surface area contributed by atoms with Gasteiger partial charge in [0.15, 0.2) is 0 Å². The van der Waals surface area contributed by atoms with Gasteiger partial charge in [-0.2, -0.15) is 5.26 Å². The minimum atomic E-state index is -1.01. The van der Waals surface area contributed by atoms with Gasteiger partial charge in [-0.15, -0.1) is 0 Å². The van der Waals surface area contributed by atoms with E-state index in [2.05, 4.69) is 11.4 Å². The normalized spacial score (nSPS) is 17.8. The maximum Gasteiger partial charge on any atom is 0.126 e. The zero-order valence-corrected chi connectivity index (χ0v) is 14.7. The Labute approximate surface area is 152 Å². The van der Waals surface area contributed by atoms with E-state index < -0.39 is 23.3 Å². The predicted octanol–water partition coefficient (Wildman–Crippen LogP) is 4.01. The smallest absolute Gasteiger partial charge is 0.126 e. The van der Waals surface area contributed by atoms with Crippen LogP contribution in [0.5, 0.6) is 0 Å². The minimum Gasteiger partial charge on any atom is -0.388 e. The van der Waals surface area contributed by atoms with Crippen molar-refractivity contribution in [3.63, 3.8) is 0 Å². The molecule has 0 bridgehead atoms. The maximum absolute atomic E-state index is 13.7. The van der Waals surface area contributed by atoms with Crippen LogP contribution in [-0.2, 0) is 6.42 Å². The highest BCUT2D eigenvalue weighted by Crippen LogP contribution is 2.42. The predicted molar refractivity (Wildman–Crippen MR) is 95.4 cm³/mol. The molecule has 0 amide bonds. The molecule has 26 heavy (non-hydrogen) atoms. The summed E-state index contributed by atoms with van der Waals surface area (Å²) in [5, 5.41) is 23.4. The Kier molecular flexibility index (Phi) is 5.36. The highest BCUT2D eigenvalue weighted by molar-refractivity contribution is 5.38. The number of nitriles is 1. The van der Waals surface area contributed by atoms with Crippen molar-refractivity contribution in [2.45, 2.75) is 50.3 Å². The average Bonchev–Trinajstić information content (AvgIpc) is 2.57. The number of aliphatic hydroxyl groups is 1. The third-order valence-electron chi connectivity index (χ3n) is 5.09. The van der Waals surface area contributed by atoms with Crippen LogP contribution < -0.4 is 5.32 Å². The van der Waals surface area contributed by atoms with Crippen molar-refractivity contribution >= 4 is 0 Å². The Hall–Kier alpha value is -2.29. The summed E-state index contributed by atoms with van der Waals surface area (Å²) in [7, 11) is 0. The van der Waals surface area contributed by atoms with Crippen LogP contribution in [0.4, 0.5) is 8.78 Å². The summed E-state index contributed by atoms with van der Waals surface area (Å²) < 4.78 is 27.4. The molecule has 1 saturated carbocycles.